The molecule has 1 fully saturated rings. The third kappa shape index (κ3) is 7.39. The van der Waals surface area contributed by atoms with Gasteiger partial charge in [-0.05, 0) is 66.0 Å². The first-order valence-electron chi connectivity index (χ1n) is 14.8. The molecular weight excluding hydrogens is 664 g/mol. The molecule has 240 valence electrons. The predicted octanol–water partition coefficient (Wildman–Crippen LogP) is 5.12. The number of ether oxygens (including phenoxy) is 4. The third-order valence-electron chi connectivity index (χ3n) is 7.22. The Kier molecular flexibility index (Phi) is 10.9. The Morgan fingerprint density at radius 2 is 1.93 bits per heavy atom. The van der Waals surface area contributed by atoms with Crippen LogP contribution in [0.3, 0.4) is 0 Å². The van der Waals surface area contributed by atoms with Gasteiger partial charge in [0.05, 0.1) is 42.7 Å². The number of carbonyl (C=O) groups excluding carboxylic acids is 2. The molecule has 2 aromatic carbocycles. The van der Waals surface area contributed by atoms with Gasteiger partial charge in [-0.3, -0.25) is 9.59 Å². The number of morpholine rings is 1. The van der Waals surface area contributed by atoms with Crippen LogP contribution < -0.4 is 24.8 Å². The van der Waals surface area contributed by atoms with E-state index in [4.69, 9.17) is 29.0 Å². The zero-order valence-corrected chi connectivity index (χ0v) is 28.1. The summed E-state index contributed by atoms with van der Waals surface area (Å²) in [4.78, 5) is 33.3. The number of benzene rings is 2. The van der Waals surface area contributed by atoms with Gasteiger partial charge in [-0.2, -0.15) is 4.98 Å². The second-order valence-electron chi connectivity index (χ2n) is 10.3. The number of fused-ring (bicyclic) bond motifs is 1. The number of nitrogens with one attached hydrogen (secondary N) is 2. The van der Waals surface area contributed by atoms with Crippen molar-refractivity contribution in [3.63, 3.8) is 0 Å². The number of thioether (sulfide) groups is 1. The largest absolute Gasteiger partial charge is 0.493 e. The summed E-state index contributed by atoms with van der Waals surface area (Å²) in [6.07, 6.45) is 0.967. The van der Waals surface area contributed by atoms with Gasteiger partial charge in [-0.1, -0.05) is 30.8 Å². The molecule has 0 aliphatic carbocycles. The van der Waals surface area contributed by atoms with Crippen molar-refractivity contribution in [2.75, 3.05) is 63.0 Å². The van der Waals surface area contributed by atoms with Crippen LogP contribution >= 0.6 is 27.7 Å². The maximum atomic E-state index is 14.1. The summed E-state index contributed by atoms with van der Waals surface area (Å²) in [5.74, 6) is 2.27. The van der Waals surface area contributed by atoms with Gasteiger partial charge in [-0.25, -0.2) is 4.68 Å². The van der Waals surface area contributed by atoms with E-state index in [1.165, 1.54) is 7.11 Å². The molecule has 0 saturated carbocycles. The van der Waals surface area contributed by atoms with E-state index in [2.05, 4.69) is 33.5 Å². The molecule has 14 heteroatoms. The topological polar surface area (TPSA) is 129 Å². The summed E-state index contributed by atoms with van der Waals surface area (Å²) >= 11 is 5.19. The van der Waals surface area contributed by atoms with Crippen LogP contribution in [0.5, 0.6) is 17.2 Å². The molecule has 2 amide bonds. The number of para-hydroxylation sites is 2. The summed E-state index contributed by atoms with van der Waals surface area (Å²) in [5.41, 5.74) is 2.33. The highest BCUT2D eigenvalue weighted by Gasteiger charge is 2.36. The number of allylic oxidation sites excluding steroid dienone is 1. The van der Waals surface area contributed by atoms with E-state index in [0.29, 0.717) is 88.3 Å². The summed E-state index contributed by atoms with van der Waals surface area (Å²) in [6, 6.07) is 10.3. The minimum Gasteiger partial charge on any atom is -0.493 e. The number of amides is 2. The van der Waals surface area contributed by atoms with Crippen molar-refractivity contribution < 1.29 is 28.5 Å². The average Bonchev–Trinajstić information content (AvgIpc) is 3.45. The molecule has 2 aliphatic rings. The number of hydrogen-bond donors (Lipinski definition) is 2. The van der Waals surface area contributed by atoms with E-state index in [0.717, 1.165) is 12.2 Å². The molecule has 3 heterocycles. The molecule has 1 unspecified atom stereocenters. The van der Waals surface area contributed by atoms with Crippen LogP contribution in [0.1, 0.15) is 38.8 Å². The van der Waals surface area contributed by atoms with Gasteiger partial charge in [0.1, 0.15) is 11.8 Å². The number of methoxy groups -OCH3 is 1. The smallest absolute Gasteiger partial charge is 0.260 e. The van der Waals surface area contributed by atoms with Crippen LogP contribution in [0.2, 0.25) is 0 Å². The number of carbonyl (C=O) groups is 2. The SMILES string of the molecule is CCCSc1nc2n(n1)C(c1cc(Br)c(OCC(=O)N3CCOCC3)c(OC)c1)C(C(=O)Nc1ccccc1OCC)=C(C)N2. The van der Waals surface area contributed by atoms with Gasteiger partial charge < -0.3 is 34.5 Å². The molecule has 45 heavy (non-hydrogen) atoms. The lowest BCUT2D eigenvalue weighted by Gasteiger charge is -2.29. The second-order valence-corrected chi connectivity index (χ2v) is 12.2. The third-order valence-corrected chi connectivity index (χ3v) is 8.85. The van der Waals surface area contributed by atoms with Gasteiger partial charge in [0.25, 0.3) is 11.8 Å². The second kappa shape index (κ2) is 15.0. The lowest BCUT2D eigenvalue weighted by atomic mass is 9.94. The minimum absolute atomic E-state index is 0.135. The fourth-order valence-electron chi connectivity index (χ4n) is 5.10. The van der Waals surface area contributed by atoms with Gasteiger partial charge in [0.2, 0.25) is 11.1 Å². The first-order valence-corrected chi connectivity index (χ1v) is 16.6. The van der Waals surface area contributed by atoms with E-state index >= 15 is 0 Å². The number of halogens is 1. The average molecular weight is 702 g/mol. The van der Waals surface area contributed by atoms with Crippen LogP contribution in [0.4, 0.5) is 11.6 Å². The van der Waals surface area contributed by atoms with Crippen molar-refractivity contribution in [1.82, 2.24) is 19.7 Å². The molecule has 0 radical (unpaired) electrons. The van der Waals surface area contributed by atoms with Crippen molar-refractivity contribution in [3.8, 4) is 17.2 Å². The Morgan fingerprint density at radius 3 is 2.67 bits per heavy atom. The highest BCUT2D eigenvalue weighted by Crippen LogP contribution is 2.43. The molecular formula is C31H37BrN6O6S. The summed E-state index contributed by atoms with van der Waals surface area (Å²) in [7, 11) is 1.53. The van der Waals surface area contributed by atoms with Crippen LogP contribution in [0, 0.1) is 0 Å². The molecule has 2 N–H and O–H groups in total. The normalized spacial score (nSPS) is 16.1. The molecule has 1 aromatic heterocycles. The molecule has 1 atom stereocenters. The van der Waals surface area contributed by atoms with Crippen LogP contribution in [0.15, 0.2) is 57.3 Å². The van der Waals surface area contributed by atoms with Crippen molar-refractivity contribution in [1.29, 1.82) is 0 Å². The van der Waals surface area contributed by atoms with E-state index in [-0.39, 0.29) is 18.4 Å². The lowest BCUT2D eigenvalue weighted by Crippen LogP contribution is -2.43. The number of rotatable bonds is 12. The molecule has 3 aromatic rings. The molecule has 0 bridgehead atoms. The van der Waals surface area contributed by atoms with E-state index in [1.807, 2.05) is 38.1 Å². The standard InChI is InChI=1S/C31H37BrN6O6S/c1-5-15-45-31-35-30-33-19(3)26(29(40)34-22-9-7-8-10-23(22)43-6-2)27(38(30)36-31)20-16-21(32)28(24(17-20)41-4)44-18-25(39)37-11-13-42-14-12-37/h7-10,16-17,27H,5-6,11-15,18H2,1-4H3,(H,34,40)(H,33,35,36). The minimum atomic E-state index is -0.668. The zero-order chi connectivity index (χ0) is 31.9. The van der Waals surface area contributed by atoms with Gasteiger partial charge in [0.15, 0.2) is 18.1 Å². The van der Waals surface area contributed by atoms with E-state index < -0.39 is 6.04 Å². The Balaban J connectivity index is 1.51. The fourth-order valence-corrected chi connectivity index (χ4v) is 6.36. The van der Waals surface area contributed by atoms with Crippen LogP contribution in [-0.2, 0) is 14.3 Å². The predicted molar refractivity (Wildman–Crippen MR) is 175 cm³/mol. The van der Waals surface area contributed by atoms with Gasteiger partial charge >= 0.3 is 0 Å². The molecule has 5 rings (SSSR count). The van der Waals surface area contributed by atoms with Crippen molar-refractivity contribution in [3.05, 3.63) is 57.7 Å². The Hall–Kier alpha value is -3.75. The molecule has 1 saturated heterocycles. The molecule has 0 spiro atoms. The van der Waals surface area contributed by atoms with Crippen LogP contribution in [-0.4, -0.2) is 83.9 Å². The highest BCUT2D eigenvalue weighted by atomic mass is 79.9. The monoisotopic (exact) mass is 700 g/mol. The number of hydrogen-bond acceptors (Lipinski definition) is 10. The number of nitrogens with zero attached hydrogens (tertiary/aromatic N) is 4. The number of aromatic nitrogens is 3. The highest BCUT2D eigenvalue weighted by molar-refractivity contribution is 9.10. The first kappa shape index (κ1) is 32.6. The van der Waals surface area contributed by atoms with Crippen molar-refractivity contribution >= 4 is 51.1 Å². The maximum Gasteiger partial charge on any atom is 0.260 e. The Bertz CT molecular complexity index is 1570. The van der Waals surface area contributed by atoms with E-state index in [9.17, 15) is 9.59 Å². The van der Waals surface area contributed by atoms with Gasteiger partial charge in [0, 0.05) is 24.5 Å². The molecule has 12 nitrogen and oxygen atoms in total. The number of anilines is 2. The molecule has 2 aliphatic heterocycles. The van der Waals surface area contributed by atoms with Crippen molar-refractivity contribution in [2.24, 2.45) is 0 Å². The summed E-state index contributed by atoms with van der Waals surface area (Å²) in [5, 5.41) is 11.7. The zero-order valence-electron chi connectivity index (χ0n) is 25.7. The maximum absolute atomic E-state index is 14.1. The summed E-state index contributed by atoms with van der Waals surface area (Å²) < 4.78 is 25.1. The lowest BCUT2D eigenvalue weighted by molar-refractivity contribution is -0.137. The fraction of sp³-hybridized carbons (Fsp3) is 0.419. The Labute approximate surface area is 275 Å². The Morgan fingerprint density at radius 1 is 1.16 bits per heavy atom. The van der Waals surface area contributed by atoms with Crippen LogP contribution in [0.25, 0.3) is 0 Å². The van der Waals surface area contributed by atoms with Gasteiger partial charge in [-0.15, -0.1) is 5.10 Å². The van der Waals surface area contributed by atoms with E-state index in [1.54, 1.807) is 33.5 Å². The van der Waals surface area contributed by atoms with Crippen molar-refractivity contribution in [2.45, 2.75) is 38.4 Å². The quantitative estimate of drug-likeness (QED) is 0.246. The summed E-state index contributed by atoms with van der Waals surface area (Å²) in [6.45, 7) is 8.20. The first-order chi connectivity index (χ1) is 21.8.